The van der Waals surface area contributed by atoms with Crippen LogP contribution in [0, 0.1) is 5.92 Å². The Morgan fingerprint density at radius 3 is 2.02 bits per heavy atom. The van der Waals surface area contributed by atoms with Gasteiger partial charge in [0, 0.05) is 61.6 Å². The summed E-state index contributed by atoms with van der Waals surface area (Å²) in [5, 5.41) is 132. The third kappa shape index (κ3) is 22.4. The van der Waals surface area contributed by atoms with Crippen molar-refractivity contribution >= 4 is 94.2 Å². The molecule has 694 valence electrons. The average molecular weight is 1850 g/mol. The second kappa shape index (κ2) is 41.8. The van der Waals surface area contributed by atoms with E-state index in [0.29, 0.717) is 17.9 Å². The third-order valence-electron chi connectivity index (χ3n) is 22.0. The molecule has 11 bridgehead atoms. The number of ether oxygens (including phenoxy) is 7. The van der Waals surface area contributed by atoms with Crippen molar-refractivity contribution in [3.63, 3.8) is 0 Å². The second-order valence-electron chi connectivity index (χ2n) is 31.8. The predicted octanol–water partition coefficient (Wildman–Crippen LogP) is 0.754. The number of aliphatic hydroxyl groups excluding tert-OH is 6. The van der Waals surface area contributed by atoms with Gasteiger partial charge in [0.1, 0.15) is 107 Å². The van der Waals surface area contributed by atoms with E-state index >= 15 is 24.0 Å². The minimum Gasteiger partial charge on any atom is -0.508 e. The number of phenols is 3. The lowest BCUT2D eigenvalue weighted by Crippen LogP contribution is -2.65. The fourth-order valence-corrected chi connectivity index (χ4v) is 15.7. The number of carbonyl (C=O) groups is 10. The predicted molar refractivity (Wildman–Crippen MR) is 457 cm³/mol. The second-order valence-corrected chi connectivity index (χ2v) is 32.6. The van der Waals surface area contributed by atoms with E-state index < -0.39 is 277 Å². The first kappa shape index (κ1) is 96.4. The lowest BCUT2D eigenvalue weighted by atomic mass is 9.85. The van der Waals surface area contributed by atoms with Crippen molar-refractivity contribution in [1.82, 2.24) is 62.9 Å². The molecular formula is C86H98Cl2N14O28. The first-order chi connectivity index (χ1) is 61.9. The zero-order valence-electron chi connectivity index (χ0n) is 70.7. The normalized spacial score (nSPS) is 25.4. The Kier molecular flexibility index (Phi) is 31.0. The summed E-state index contributed by atoms with van der Waals surface area (Å²) in [6.45, 7) is 7.07. The molecule has 7 aromatic rings. The van der Waals surface area contributed by atoms with E-state index in [-0.39, 0.29) is 48.8 Å². The Bertz CT molecular complexity index is 5540. The van der Waals surface area contributed by atoms with Gasteiger partial charge < -0.3 is 138 Å². The number of fused-ring (bicyclic) bond motifs is 15. The number of nitrogens with zero attached hydrogens (tertiary/aromatic N) is 2. The number of hydroxylamine groups is 1. The van der Waals surface area contributed by atoms with E-state index in [1.807, 2.05) is 12.4 Å². The van der Waals surface area contributed by atoms with Crippen LogP contribution in [0.15, 0.2) is 126 Å². The van der Waals surface area contributed by atoms with E-state index in [4.69, 9.17) is 66.9 Å². The molecule has 6 aromatic carbocycles. The first-order valence-electron chi connectivity index (χ1n) is 41.0. The maximum absolute atomic E-state index is 16.4. The summed E-state index contributed by atoms with van der Waals surface area (Å²) >= 11 is 14.4. The van der Waals surface area contributed by atoms with Crippen molar-refractivity contribution in [3.8, 4) is 62.9 Å². The molecular weight excluding hydrogens is 1750 g/mol. The fraction of sp³-hybridized carbons (Fsp3) is 0.395. The van der Waals surface area contributed by atoms with Crippen molar-refractivity contribution in [1.29, 1.82) is 0 Å². The van der Waals surface area contributed by atoms with Crippen LogP contribution in [-0.4, -0.2) is 234 Å². The molecule has 0 aliphatic carbocycles. The van der Waals surface area contributed by atoms with Gasteiger partial charge in [-0.2, -0.15) is 4.98 Å². The summed E-state index contributed by atoms with van der Waals surface area (Å²) < 4.78 is 46.2. The lowest BCUT2D eigenvalue weighted by molar-refractivity contribution is -0.334. The average Bonchev–Trinajstić information content (AvgIpc) is 0.765. The molecule has 0 spiro atoms. The fourth-order valence-electron chi connectivity index (χ4n) is 15.3. The van der Waals surface area contributed by atoms with Crippen molar-refractivity contribution < 1.29 is 132 Å². The van der Waals surface area contributed by atoms with Gasteiger partial charge in [-0.3, -0.25) is 57.4 Å². The largest absolute Gasteiger partial charge is 0.508 e. The molecule has 10 amide bonds. The molecule has 130 heavy (non-hydrogen) atoms. The monoisotopic (exact) mass is 1840 g/mol. The number of halogens is 2. The van der Waals surface area contributed by atoms with Crippen LogP contribution in [0.5, 0.6) is 51.7 Å². The summed E-state index contributed by atoms with van der Waals surface area (Å²) in [6.07, 6.45) is -15.5. The minimum absolute atomic E-state index is 0.0412. The molecule has 42 nitrogen and oxygen atoms in total. The smallest absolute Gasteiger partial charge is 0.349 e. The molecule has 1 aromatic heterocycles. The number of benzene rings is 6. The highest BCUT2D eigenvalue weighted by atomic mass is 35.5. The van der Waals surface area contributed by atoms with Crippen molar-refractivity contribution in [2.75, 3.05) is 45.8 Å². The highest BCUT2D eigenvalue weighted by Gasteiger charge is 2.52. The number of aromatic hydroxyl groups is 3. The quantitative estimate of drug-likeness (QED) is 0.0277. The molecule has 14 rings (SSSR count). The molecule has 2 saturated heterocycles. The van der Waals surface area contributed by atoms with Gasteiger partial charge in [-0.25, -0.2) is 10.3 Å². The van der Waals surface area contributed by atoms with Gasteiger partial charge in [-0.15, -0.1) is 0 Å². The maximum atomic E-state index is 16.4. The van der Waals surface area contributed by atoms with Gasteiger partial charge in [0.15, 0.2) is 30.5 Å². The number of aromatic nitrogens is 2. The number of nitrogens with one attached hydrogen (secondary N) is 11. The lowest BCUT2D eigenvalue weighted by Gasteiger charge is -2.48. The van der Waals surface area contributed by atoms with Gasteiger partial charge in [0.25, 0.3) is 5.91 Å². The topological polar surface area (TPSA) is 620 Å². The Morgan fingerprint density at radius 2 is 1.38 bits per heavy atom. The molecule has 7 aliphatic heterocycles. The minimum atomic E-state index is -2.42. The first-order valence-corrected chi connectivity index (χ1v) is 41.7. The number of likely N-dealkylation sites (N-methyl/N-ethyl adjacent to an activating group) is 2. The van der Waals surface area contributed by atoms with Crippen molar-refractivity contribution in [2.45, 2.75) is 170 Å². The van der Waals surface area contributed by atoms with Gasteiger partial charge in [0.2, 0.25) is 65.2 Å². The third-order valence-corrected chi connectivity index (χ3v) is 22.6. The van der Waals surface area contributed by atoms with Crippen LogP contribution in [0.4, 0.5) is 5.82 Å². The van der Waals surface area contributed by atoms with Gasteiger partial charge >= 0.3 is 5.69 Å². The molecule has 22 N–H and O–H groups in total. The number of primary amides is 1. The SMILES string of the molecule is CCOc1ccc(/C=C/C(=O)Nc2ccn(CCNC3(C)CC(OC4C(Oc5c6cc7cc5Oc5ccc(cc5Cl)C(O)C5NC(=O)C(NC(=O)C7NC(=O)C(CC(N)=O)NC(=O)C(NC(=O)C(CC(C)C)NC)C(O)c7ccc(c(Cl)c7)O6)c6ccc(O)c(c6)-c6c(O)cc(O)cc6C(C(=O)NOCC(=O)NC)NC5=O)OC(CO)C(O)C4O)OC(C)C3O)c(=O)n2)cc1. The van der Waals surface area contributed by atoms with Gasteiger partial charge in [-0.1, -0.05) is 67.4 Å². The Hall–Kier alpha value is -12.7. The Balaban J connectivity index is 0.986. The van der Waals surface area contributed by atoms with Gasteiger partial charge in [0.05, 0.1) is 47.9 Å². The summed E-state index contributed by atoms with van der Waals surface area (Å²) in [4.78, 5) is 168. The summed E-state index contributed by atoms with van der Waals surface area (Å²) in [6, 6.07) is 7.36. The van der Waals surface area contributed by atoms with E-state index in [2.05, 4.69) is 58.2 Å². The standard InChI is InChI=1S/C86H98Cl2N14O28/c1-8-123-45-15-9-39(10-16-45)11-20-61(108)94-60-21-23-102(85(122)95-60)24-22-92-86(5)34-63(125-38(4)76(86)114)129-75-73(113)72(112)58(35-103)128-84(75)130-74-56-29-43-30-57(74)127-55-19-14-42(28-49(55)88)71(111)69-82(120)98-67(83(121)101-124-36-62(109)91-7)47-31-44(104)32-53(106)64(47)46-26-40(12-17-52(46)105)65(79(117)100-69)97-80(118)66(43)96-78(116)51(33-59(89)107)93-81(119)68(99-77(115)50(90-6)25-37(2)3)70(110)41-13-18-54(126-56)48(87)27-41/h9-21,23,26-32,37-38,50-51,58,63,65-73,75-76,84,90,92,103-106,110-114H,8,22,24-25,33-36H2,1-7H3,(H2,89,107)(H,91,109)(H,93,119)(H,96,116)(H,97,118)(H,98,120)(H,99,115)(H,100,117)(H,101,121)(H,94,95,108,122)/b20-11+. The van der Waals surface area contributed by atoms with Crippen LogP contribution in [0.3, 0.4) is 0 Å². The number of amides is 10. The van der Waals surface area contributed by atoms with Crippen LogP contribution in [0.2, 0.25) is 10.0 Å². The number of phenolic OH excluding ortho intramolecular Hbond substituents is 3. The highest BCUT2D eigenvalue weighted by Crippen LogP contribution is 2.50. The molecule has 2 fully saturated rings. The number of hydrogen-bond acceptors (Lipinski definition) is 31. The summed E-state index contributed by atoms with van der Waals surface area (Å²) in [7, 11) is 2.72. The molecule has 44 heteroatoms. The van der Waals surface area contributed by atoms with Crippen LogP contribution in [-0.2, 0) is 73.5 Å². The Labute approximate surface area is 750 Å². The molecule has 8 heterocycles. The molecule has 0 saturated carbocycles. The Morgan fingerprint density at radius 1 is 0.731 bits per heavy atom. The number of carbonyl (C=O) groups excluding carboxylic acids is 10. The molecule has 18 atom stereocenters. The van der Waals surface area contributed by atoms with Crippen LogP contribution in [0.25, 0.3) is 17.2 Å². The zero-order valence-corrected chi connectivity index (χ0v) is 72.2. The van der Waals surface area contributed by atoms with Crippen molar-refractivity contribution in [3.05, 3.63) is 175 Å². The zero-order chi connectivity index (χ0) is 94.0. The van der Waals surface area contributed by atoms with E-state index in [1.54, 1.807) is 51.1 Å². The van der Waals surface area contributed by atoms with E-state index in [1.165, 1.54) is 56.1 Å². The maximum Gasteiger partial charge on any atom is 0.349 e. The number of hydrogen-bond donors (Lipinski definition) is 21. The number of anilines is 1. The number of aliphatic hydroxyl groups is 6. The van der Waals surface area contributed by atoms with Crippen LogP contribution in [0.1, 0.15) is 118 Å². The molecule has 0 radical (unpaired) electrons. The number of nitrogens with two attached hydrogens (primary N) is 1. The summed E-state index contributed by atoms with van der Waals surface area (Å²) in [5.74, 6) is -16.8. The van der Waals surface area contributed by atoms with Crippen LogP contribution >= 0.6 is 23.2 Å². The molecule has 7 aliphatic rings. The van der Waals surface area contributed by atoms with E-state index in [0.717, 1.165) is 66.7 Å². The van der Waals surface area contributed by atoms with Crippen LogP contribution < -0.4 is 89.0 Å². The van der Waals surface area contributed by atoms with Crippen molar-refractivity contribution in [2.24, 2.45) is 11.7 Å². The highest BCUT2D eigenvalue weighted by molar-refractivity contribution is 6.32. The number of rotatable bonds is 25. The summed E-state index contributed by atoms with van der Waals surface area (Å²) in [5.41, 5.74) is 3.35. The van der Waals surface area contributed by atoms with Gasteiger partial charge in [-0.05, 0) is 152 Å². The molecule has 18 unspecified atom stereocenters. The van der Waals surface area contributed by atoms with E-state index in [9.17, 15) is 74.7 Å².